The van der Waals surface area contributed by atoms with Gasteiger partial charge in [-0.25, -0.2) is 0 Å². The van der Waals surface area contributed by atoms with Crippen LogP contribution in [0.5, 0.6) is 5.75 Å². The number of rotatable bonds is 6. The highest BCUT2D eigenvalue weighted by Gasteiger charge is 2.00. The highest BCUT2D eigenvalue weighted by Crippen LogP contribution is 2.11. The first-order chi connectivity index (χ1) is 9.28. The third-order valence-electron chi connectivity index (χ3n) is 2.69. The van der Waals surface area contributed by atoms with E-state index in [2.05, 4.69) is 22.2 Å². The van der Waals surface area contributed by atoms with Crippen LogP contribution in [0.2, 0.25) is 0 Å². The van der Waals surface area contributed by atoms with Crippen LogP contribution in [0.25, 0.3) is 0 Å². The van der Waals surface area contributed by atoms with Crippen molar-refractivity contribution in [3.8, 4) is 5.75 Å². The Hall–Kier alpha value is -1.94. The SMILES string of the molecule is CCNCc1cccc(COc2ccc(C)nc2)n1. The van der Waals surface area contributed by atoms with Crippen molar-refractivity contribution < 1.29 is 4.74 Å². The fraction of sp³-hybridized carbons (Fsp3) is 0.333. The maximum atomic E-state index is 5.66. The molecule has 0 aliphatic rings. The molecule has 2 rings (SSSR count). The number of hydrogen-bond donors (Lipinski definition) is 1. The van der Waals surface area contributed by atoms with Crippen LogP contribution in [0.3, 0.4) is 0 Å². The van der Waals surface area contributed by atoms with Gasteiger partial charge in [0.15, 0.2) is 0 Å². The van der Waals surface area contributed by atoms with Crippen LogP contribution in [0.1, 0.15) is 24.0 Å². The quantitative estimate of drug-likeness (QED) is 0.863. The van der Waals surface area contributed by atoms with E-state index < -0.39 is 0 Å². The monoisotopic (exact) mass is 257 g/mol. The summed E-state index contributed by atoms with van der Waals surface area (Å²) in [6.07, 6.45) is 1.73. The van der Waals surface area contributed by atoms with Crippen LogP contribution >= 0.6 is 0 Å². The van der Waals surface area contributed by atoms with E-state index in [1.807, 2.05) is 37.3 Å². The zero-order valence-electron chi connectivity index (χ0n) is 11.4. The van der Waals surface area contributed by atoms with E-state index in [0.29, 0.717) is 6.61 Å². The first-order valence-corrected chi connectivity index (χ1v) is 6.49. The van der Waals surface area contributed by atoms with E-state index in [1.54, 1.807) is 6.20 Å². The van der Waals surface area contributed by atoms with Crippen molar-refractivity contribution in [1.82, 2.24) is 15.3 Å². The van der Waals surface area contributed by atoms with Crippen molar-refractivity contribution in [2.75, 3.05) is 6.54 Å². The second-order valence-electron chi connectivity index (χ2n) is 4.32. The molecule has 0 saturated heterocycles. The fourth-order valence-corrected chi connectivity index (χ4v) is 1.66. The van der Waals surface area contributed by atoms with E-state index in [1.165, 1.54) is 0 Å². The molecule has 0 bridgehead atoms. The summed E-state index contributed by atoms with van der Waals surface area (Å²) >= 11 is 0. The third kappa shape index (κ3) is 4.34. The first-order valence-electron chi connectivity index (χ1n) is 6.49. The predicted molar refractivity (Wildman–Crippen MR) is 74.9 cm³/mol. The van der Waals surface area contributed by atoms with Crippen molar-refractivity contribution in [1.29, 1.82) is 0 Å². The van der Waals surface area contributed by atoms with E-state index in [-0.39, 0.29) is 0 Å². The summed E-state index contributed by atoms with van der Waals surface area (Å²) in [5.74, 6) is 0.768. The Labute approximate surface area is 113 Å². The summed E-state index contributed by atoms with van der Waals surface area (Å²) in [6.45, 7) is 6.23. The number of aryl methyl sites for hydroxylation is 1. The summed E-state index contributed by atoms with van der Waals surface area (Å²) in [5.41, 5.74) is 2.94. The van der Waals surface area contributed by atoms with Gasteiger partial charge in [-0.1, -0.05) is 13.0 Å². The first kappa shape index (κ1) is 13.5. The van der Waals surface area contributed by atoms with Crippen molar-refractivity contribution in [2.45, 2.75) is 27.0 Å². The standard InChI is InChI=1S/C15H19N3O/c1-3-16-9-13-5-4-6-14(18-13)11-19-15-8-7-12(2)17-10-15/h4-8,10,16H,3,9,11H2,1-2H3. The molecule has 1 N–H and O–H groups in total. The summed E-state index contributed by atoms with van der Waals surface area (Å²) in [4.78, 5) is 8.73. The van der Waals surface area contributed by atoms with Gasteiger partial charge in [-0.05, 0) is 37.7 Å². The smallest absolute Gasteiger partial charge is 0.138 e. The molecule has 19 heavy (non-hydrogen) atoms. The molecule has 0 radical (unpaired) electrons. The molecular formula is C15H19N3O. The maximum absolute atomic E-state index is 5.66. The number of nitrogens with one attached hydrogen (secondary N) is 1. The van der Waals surface area contributed by atoms with Gasteiger partial charge in [-0.3, -0.25) is 9.97 Å². The van der Waals surface area contributed by atoms with Gasteiger partial charge in [0.05, 0.1) is 17.6 Å². The van der Waals surface area contributed by atoms with E-state index in [9.17, 15) is 0 Å². The van der Waals surface area contributed by atoms with Crippen LogP contribution in [0.4, 0.5) is 0 Å². The molecule has 2 aromatic rings. The molecule has 0 spiro atoms. The Bertz CT molecular complexity index is 511. The van der Waals surface area contributed by atoms with Gasteiger partial charge in [-0.2, -0.15) is 0 Å². The van der Waals surface area contributed by atoms with Gasteiger partial charge in [0.25, 0.3) is 0 Å². The molecule has 4 heteroatoms. The number of ether oxygens (including phenoxy) is 1. The minimum Gasteiger partial charge on any atom is -0.486 e. The molecule has 2 heterocycles. The van der Waals surface area contributed by atoms with Gasteiger partial charge in [0, 0.05) is 12.2 Å². The molecule has 0 atom stereocenters. The molecule has 0 aliphatic heterocycles. The van der Waals surface area contributed by atoms with Gasteiger partial charge < -0.3 is 10.1 Å². The van der Waals surface area contributed by atoms with Crippen LogP contribution < -0.4 is 10.1 Å². The average molecular weight is 257 g/mol. The molecule has 0 aromatic carbocycles. The highest BCUT2D eigenvalue weighted by atomic mass is 16.5. The summed E-state index contributed by atoms with van der Waals surface area (Å²) < 4.78 is 5.66. The van der Waals surface area contributed by atoms with Crippen molar-refractivity contribution in [3.63, 3.8) is 0 Å². The Kier molecular flexibility index (Phi) is 4.86. The molecule has 100 valence electrons. The maximum Gasteiger partial charge on any atom is 0.138 e. The van der Waals surface area contributed by atoms with Crippen molar-refractivity contribution >= 4 is 0 Å². The minimum atomic E-state index is 0.463. The Balaban J connectivity index is 1.93. The van der Waals surface area contributed by atoms with Gasteiger partial charge >= 0.3 is 0 Å². The van der Waals surface area contributed by atoms with Crippen LogP contribution in [-0.2, 0) is 13.2 Å². The Morgan fingerprint density at radius 2 is 2.00 bits per heavy atom. The molecule has 0 fully saturated rings. The lowest BCUT2D eigenvalue weighted by Crippen LogP contribution is -2.13. The zero-order chi connectivity index (χ0) is 13.5. The zero-order valence-corrected chi connectivity index (χ0v) is 11.4. The van der Waals surface area contributed by atoms with Crippen LogP contribution in [0.15, 0.2) is 36.5 Å². The minimum absolute atomic E-state index is 0.463. The van der Waals surface area contributed by atoms with Gasteiger partial charge in [-0.15, -0.1) is 0 Å². The molecule has 0 amide bonds. The van der Waals surface area contributed by atoms with E-state index in [4.69, 9.17) is 4.74 Å². The lowest BCUT2D eigenvalue weighted by molar-refractivity contribution is 0.299. The van der Waals surface area contributed by atoms with Crippen LogP contribution in [0, 0.1) is 6.92 Å². The lowest BCUT2D eigenvalue weighted by Gasteiger charge is -2.07. The van der Waals surface area contributed by atoms with Crippen molar-refractivity contribution in [3.05, 3.63) is 53.6 Å². The largest absolute Gasteiger partial charge is 0.486 e. The van der Waals surface area contributed by atoms with Crippen molar-refractivity contribution in [2.24, 2.45) is 0 Å². The topological polar surface area (TPSA) is 47.0 Å². The summed E-state index contributed by atoms with van der Waals surface area (Å²) in [7, 11) is 0. The molecule has 0 unspecified atom stereocenters. The third-order valence-corrected chi connectivity index (χ3v) is 2.69. The molecule has 0 saturated carbocycles. The number of aromatic nitrogens is 2. The lowest BCUT2D eigenvalue weighted by atomic mass is 10.3. The molecule has 0 aliphatic carbocycles. The number of pyridine rings is 2. The predicted octanol–water partition coefficient (Wildman–Crippen LogP) is 2.47. The average Bonchev–Trinajstić information content (AvgIpc) is 2.45. The molecule has 4 nitrogen and oxygen atoms in total. The van der Waals surface area contributed by atoms with Gasteiger partial charge in [0.1, 0.15) is 12.4 Å². The summed E-state index contributed by atoms with van der Waals surface area (Å²) in [5, 5.41) is 3.26. The fourth-order valence-electron chi connectivity index (χ4n) is 1.66. The molecular weight excluding hydrogens is 238 g/mol. The van der Waals surface area contributed by atoms with E-state index in [0.717, 1.165) is 35.9 Å². The van der Waals surface area contributed by atoms with Crippen LogP contribution in [-0.4, -0.2) is 16.5 Å². The Morgan fingerprint density at radius 3 is 2.74 bits per heavy atom. The normalized spacial score (nSPS) is 10.4. The Morgan fingerprint density at radius 1 is 1.16 bits per heavy atom. The second kappa shape index (κ2) is 6.85. The summed E-state index contributed by atoms with van der Waals surface area (Å²) in [6, 6.07) is 9.84. The molecule has 2 aromatic heterocycles. The van der Waals surface area contributed by atoms with E-state index >= 15 is 0 Å². The van der Waals surface area contributed by atoms with Gasteiger partial charge in [0.2, 0.25) is 0 Å². The highest BCUT2D eigenvalue weighted by molar-refractivity contribution is 5.20. The number of nitrogens with zero attached hydrogens (tertiary/aromatic N) is 2. The second-order valence-corrected chi connectivity index (χ2v) is 4.32. The number of hydrogen-bond acceptors (Lipinski definition) is 4.